The predicted octanol–water partition coefficient (Wildman–Crippen LogP) is 3.89. The molecule has 0 atom stereocenters. The average molecular weight is 488 g/mol. The van der Waals surface area contributed by atoms with Gasteiger partial charge in [0, 0.05) is 36.8 Å². The number of rotatable bonds is 6. The van der Waals surface area contributed by atoms with E-state index in [1.54, 1.807) is 40.7 Å². The SMILES string of the molecule is FC(F)(F)c1cnc(N2CCC(c3nc(COc4ccc(-n5ccnn5)nc4)cs3)CC2)nc1. The summed E-state index contributed by atoms with van der Waals surface area (Å²) in [7, 11) is 0. The molecular formula is C21H19F3N8OS. The van der Waals surface area contributed by atoms with Crippen LogP contribution in [0.15, 0.2) is 48.5 Å². The normalized spacial score (nSPS) is 15.0. The van der Waals surface area contributed by atoms with E-state index in [2.05, 4.69) is 25.3 Å². The highest BCUT2D eigenvalue weighted by Gasteiger charge is 2.32. The molecule has 1 aliphatic heterocycles. The van der Waals surface area contributed by atoms with Crippen molar-refractivity contribution >= 4 is 17.3 Å². The Bertz CT molecular complexity index is 1200. The van der Waals surface area contributed by atoms with Gasteiger partial charge in [0.1, 0.15) is 12.4 Å². The second-order valence-electron chi connectivity index (χ2n) is 7.70. The quantitative estimate of drug-likeness (QED) is 0.404. The lowest BCUT2D eigenvalue weighted by molar-refractivity contribution is -0.138. The van der Waals surface area contributed by atoms with Crippen molar-refractivity contribution in [2.24, 2.45) is 0 Å². The van der Waals surface area contributed by atoms with Crippen molar-refractivity contribution < 1.29 is 17.9 Å². The zero-order chi connectivity index (χ0) is 23.5. The van der Waals surface area contributed by atoms with Crippen molar-refractivity contribution in [1.82, 2.24) is 34.9 Å². The number of pyridine rings is 1. The van der Waals surface area contributed by atoms with Crippen molar-refractivity contribution in [2.75, 3.05) is 18.0 Å². The standard InChI is InChI=1S/C21H19F3N8OS/c22-21(23,24)15-9-26-20(27-10-15)31-6-3-14(4-7-31)19-29-16(13-34-19)12-33-17-1-2-18(25-11-17)32-8-5-28-30-32/h1-2,5,8-11,13-14H,3-4,6-7,12H2. The third kappa shape index (κ3) is 4.98. The average Bonchev–Trinajstić information content (AvgIpc) is 3.56. The minimum atomic E-state index is -4.43. The number of thiazole rings is 1. The molecule has 0 bridgehead atoms. The third-order valence-corrected chi connectivity index (χ3v) is 6.48. The van der Waals surface area contributed by atoms with Crippen molar-refractivity contribution in [2.45, 2.75) is 31.5 Å². The van der Waals surface area contributed by atoms with Crippen molar-refractivity contribution in [3.8, 4) is 11.6 Å². The van der Waals surface area contributed by atoms with Crippen LogP contribution in [0.25, 0.3) is 5.82 Å². The Morgan fingerprint density at radius 2 is 1.85 bits per heavy atom. The van der Waals surface area contributed by atoms with Crippen LogP contribution in [0.1, 0.15) is 35.0 Å². The highest BCUT2D eigenvalue weighted by atomic mass is 32.1. The van der Waals surface area contributed by atoms with Crippen LogP contribution in [-0.4, -0.2) is 48.0 Å². The van der Waals surface area contributed by atoms with Gasteiger partial charge in [0.15, 0.2) is 5.82 Å². The summed E-state index contributed by atoms with van der Waals surface area (Å²) >= 11 is 1.59. The van der Waals surface area contributed by atoms with E-state index in [9.17, 15) is 13.2 Å². The highest BCUT2D eigenvalue weighted by molar-refractivity contribution is 7.09. The second kappa shape index (κ2) is 9.33. The molecular weight excluding hydrogens is 469 g/mol. The summed E-state index contributed by atoms with van der Waals surface area (Å²) in [5, 5.41) is 10.7. The lowest BCUT2D eigenvalue weighted by atomic mass is 9.98. The van der Waals surface area contributed by atoms with Gasteiger partial charge in [0.05, 0.1) is 34.9 Å². The summed E-state index contributed by atoms with van der Waals surface area (Å²) in [5.41, 5.74) is -0.000502. The van der Waals surface area contributed by atoms with E-state index in [-0.39, 0.29) is 5.92 Å². The fourth-order valence-corrected chi connectivity index (χ4v) is 4.59. The molecule has 0 aliphatic carbocycles. The van der Waals surface area contributed by atoms with E-state index < -0.39 is 11.7 Å². The van der Waals surface area contributed by atoms with E-state index in [1.807, 2.05) is 16.3 Å². The van der Waals surface area contributed by atoms with Gasteiger partial charge in [0.2, 0.25) is 5.95 Å². The number of hydrogen-bond donors (Lipinski definition) is 0. The number of halogens is 3. The van der Waals surface area contributed by atoms with Crippen molar-refractivity contribution in [1.29, 1.82) is 0 Å². The van der Waals surface area contributed by atoms with Crippen LogP contribution in [-0.2, 0) is 12.8 Å². The summed E-state index contributed by atoms with van der Waals surface area (Å²) in [6.07, 6.45) is 3.80. The summed E-state index contributed by atoms with van der Waals surface area (Å²) in [6, 6.07) is 3.61. The second-order valence-corrected chi connectivity index (χ2v) is 8.59. The summed E-state index contributed by atoms with van der Waals surface area (Å²) in [4.78, 5) is 18.7. The molecule has 1 saturated heterocycles. The molecule has 1 aliphatic rings. The minimum absolute atomic E-state index is 0.285. The van der Waals surface area contributed by atoms with Gasteiger partial charge in [-0.25, -0.2) is 24.6 Å². The Balaban J connectivity index is 1.13. The van der Waals surface area contributed by atoms with Crippen LogP contribution in [0.2, 0.25) is 0 Å². The summed E-state index contributed by atoms with van der Waals surface area (Å²) < 4.78 is 45.5. The zero-order valence-corrected chi connectivity index (χ0v) is 18.6. The third-order valence-electron chi connectivity index (χ3n) is 5.43. The molecule has 5 heterocycles. The van der Waals surface area contributed by atoms with Gasteiger partial charge < -0.3 is 9.64 Å². The van der Waals surface area contributed by atoms with Crippen LogP contribution < -0.4 is 9.64 Å². The smallest absolute Gasteiger partial charge is 0.419 e. The maximum absolute atomic E-state index is 12.7. The first-order valence-electron chi connectivity index (χ1n) is 10.5. The molecule has 0 amide bonds. The van der Waals surface area contributed by atoms with Gasteiger partial charge in [-0.15, -0.1) is 16.4 Å². The Morgan fingerprint density at radius 1 is 1.06 bits per heavy atom. The summed E-state index contributed by atoms with van der Waals surface area (Å²) in [5.74, 6) is 1.88. The molecule has 0 unspecified atom stereocenters. The first kappa shape index (κ1) is 22.2. The van der Waals surface area contributed by atoms with E-state index in [4.69, 9.17) is 9.72 Å². The van der Waals surface area contributed by atoms with E-state index in [1.165, 1.54) is 0 Å². The van der Waals surface area contributed by atoms with Crippen LogP contribution in [0.5, 0.6) is 5.75 Å². The number of ether oxygens (including phenoxy) is 1. The maximum atomic E-state index is 12.7. The number of hydrogen-bond acceptors (Lipinski definition) is 9. The monoisotopic (exact) mass is 488 g/mol. The van der Waals surface area contributed by atoms with Gasteiger partial charge in [-0.3, -0.25) is 0 Å². The molecule has 0 spiro atoms. The Hall–Kier alpha value is -3.61. The maximum Gasteiger partial charge on any atom is 0.419 e. The topological polar surface area (TPSA) is 94.7 Å². The fraction of sp³-hybridized carbons (Fsp3) is 0.333. The molecule has 176 valence electrons. The molecule has 4 aromatic rings. The molecule has 0 aromatic carbocycles. The first-order chi connectivity index (χ1) is 16.5. The fourth-order valence-electron chi connectivity index (χ4n) is 3.61. The highest BCUT2D eigenvalue weighted by Crippen LogP contribution is 2.32. The Morgan fingerprint density at radius 3 is 2.50 bits per heavy atom. The molecule has 5 rings (SSSR count). The predicted molar refractivity (Wildman–Crippen MR) is 117 cm³/mol. The van der Waals surface area contributed by atoms with Crippen molar-refractivity contribution in [3.63, 3.8) is 0 Å². The minimum Gasteiger partial charge on any atom is -0.486 e. The molecule has 4 aromatic heterocycles. The Kier molecular flexibility index (Phi) is 6.09. The van der Waals surface area contributed by atoms with Gasteiger partial charge in [-0.05, 0) is 25.0 Å². The molecule has 0 N–H and O–H groups in total. The van der Waals surface area contributed by atoms with E-state index in [0.29, 0.717) is 37.2 Å². The van der Waals surface area contributed by atoms with Crippen molar-refractivity contribution in [3.05, 3.63) is 64.8 Å². The molecule has 0 saturated carbocycles. The molecule has 34 heavy (non-hydrogen) atoms. The lowest BCUT2D eigenvalue weighted by Crippen LogP contribution is -2.34. The number of anilines is 1. The van der Waals surface area contributed by atoms with E-state index >= 15 is 0 Å². The largest absolute Gasteiger partial charge is 0.486 e. The first-order valence-corrected chi connectivity index (χ1v) is 11.4. The van der Waals surface area contributed by atoms with Gasteiger partial charge >= 0.3 is 6.18 Å². The number of nitrogens with zero attached hydrogens (tertiary/aromatic N) is 8. The molecule has 9 nitrogen and oxygen atoms in total. The number of piperidine rings is 1. The molecule has 13 heteroatoms. The molecule has 1 fully saturated rings. The number of alkyl halides is 3. The van der Waals surface area contributed by atoms with Crippen LogP contribution >= 0.6 is 11.3 Å². The summed E-state index contributed by atoms with van der Waals surface area (Å²) in [6.45, 7) is 1.65. The van der Waals surface area contributed by atoms with E-state index in [0.717, 1.165) is 35.9 Å². The number of aromatic nitrogens is 7. The van der Waals surface area contributed by atoms with Gasteiger partial charge in [-0.1, -0.05) is 5.21 Å². The Labute approximate surface area is 196 Å². The molecule has 0 radical (unpaired) electrons. The zero-order valence-electron chi connectivity index (χ0n) is 17.8. The van der Waals surface area contributed by atoms with Gasteiger partial charge in [-0.2, -0.15) is 13.2 Å². The lowest BCUT2D eigenvalue weighted by Gasteiger charge is -2.31. The van der Waals surface area contributed by atoms with Crippen LogP contribution in [0.3, 0.4) is 0 Å². The van der Waals surface area contributed by atoms with Gasteiger partial charge in [0.25, 0.3) is 0 Å². The van der Waals surface area contributed by atoms with Crippen LogP contribution in [0.4, 0.5) is 19.1 Å². The van der Waals surface area contributed by atoms with Crippen LogP contribution in [0, 0.1) is 0 Å².